The van der Waals surface area contributed by atoms with Crippen molar-refractivity contribution in [1.82, 2.24) is 10.3 Å². The summed E-state index contributed by atoms with van der Waals surface area (Å²) in [5.74, 6) is 0. The molecule has 1 aliphatic rings. The summed E-state index contributed by atoms with van der Waals surface area (Å²) < 4.78 is 0.889. The van der Waals surface area contributed by atoms with E-state index in [-0.39, 0.29) is 0 Å². The molecule has 0 aromatic carbocycles. The molecule has 2 rings (SSSR count). The zero-order chi connectivity index (χ0) is 11.4. The molecule has 0 spiro atoms. The van der Waals surface area contributed by atoms with E-state index in [0.29, 0.717) is 12.1 Å². The van der Waals surface area contributed by atoms with Crippen molar-refractivity contribution in [1.29, 1.82) is 0 Å². The van der Waals surface area contributed by atoms with Crippen molar-refractivity contribution in [3.05, 3.63) is 28.5 Å². The third-order valence-electron chi connectivity index (χ3n) is 3.18. The number of hydrogen-bond acceptors (Lipinski definition) is 3. The molecule has 1 aliphatic carbocycles. The van der Waals surface area contributed by atoms with E-state index in [2.05, 4.69) is 26.2 Å². The first-order valence-electron chi connectivity index (χ1n) is 5.85. The average Bonchev–Trinajstić information content (AvgIpc) is 2.28. The van der Waals surface area contributed by atoms with Crippen LogP contribution in [0.5, 0.6) is 0 Å². The van der Waals surface area contributed by atoms with Crippen LogP contribution in [0, 0.1) is 0 Å². The summed E-state index contributed by atoms with van der Waals surface area (Å²) in [5.41, 5.74) is 7.34. The van der Waals surface area contributed by atoms with Gasteiger partial charge in [-0.2, -0.15) is 0 Å². The SMILES string of the molecule is N[C@H]1CCCC[C@H]1NCc1ccnc(Br)c1. The highest BCUT2D eigenvalue weighted by Crippen LogP contribution is 2.17. The quantitative estimate of drug-likeness (QED) is 0.837. The molecule has 1 fully saturated rings. The second-order valence-electron chi connectivity index (χ2n) is 4.42. The molecule has 1 heterocycles. The molecule has 0 bridgehead atoms. The predicted octanol–water partition coefficient (Wildman–Crippen LogP) is 2.20. The van der Waals surface area contributed by atoms with Crippen LogP contribution in [-0.2, 0) is 6.54 Å². The highest BCUT2D eigenvalue weighted by Gasteiger charge is 2.20. The minimum Gasteiger partial charge on any atom is -0.326 e. The Bertz CT molecular complexity index is 343. The van der Waals surface area contributed by atoms with Crippen LogP contribution in [0.1, 0.15) is 31.2 Å². The number of nitrogens with one attached hydrogen (secondary N) is 1. The molecule has 1 saturated carbocycles. The Labute approximate surface area is 105 Å². The van der Waals surface area contributed by atoms with Crippen LogP contribution in [0.2, 0.25) is 0 Å². The fraction of sp³-hybridized carbons (Fsp3) is 0.583. The van der Waals surface area contributed by atoms with E-state index < -0.39 is 0 Å². The van der Waals surface area contributed by atoms with Gasteiger partial charge < -0.3 is 11.1 Å². The van der Waals surface area contributed by atoms with Crippen LogP contribution in [0.4, 0.5) is 0 Å². The lowest BCUT2D eigenvalue weighted by molar-refractivity contribution is 0.326. The summed E-state index contributed by atoms with van der Waals surface area (Å²) in [6.45, 7) is 0.874. The normalized spacial score (nSPS) is 25.6. The number of aromatic nitrogens is 1. The molecule has 0 aliphatic heterocycles. The van der Waals surface area contributed by atoms with Gasteiger partial charge in [0.15, 0.2) is 0 Å². The van der Waals surface area contributed by atoms with Gasteiger partial charge in [0.1, 0.15) is 4.60 Å². The van der Waals surface area contributed by atoms with Gasteiger partial charge in [-0.1, -0.05) is 12.8 Å². The average molecular weight is 284 g/mol. The zero-order valence-electron chi connectivity index (χ0n) is 9.32. The Kier molecular flexibility index (Phi) is 4.32. The molecule has 4 heteroatoms. The highest BCUT2D eigenvalue weighted by molar-refractivity contribution is 9.10. The van der Waals surface area contributed by atoms with Crippen LogP contribution < -0.4 is 11.1 Å². The number of halogens is 1. The fourth-order valence-electron chi connectivity index (χ4n) is 2.21. The Morgan fingerprint density at radius 1 is 1.44 bits per heavy atom. The van der Waals surface area contributed by atoms with Crippen LogP contribution in [0.25, 0.3) is 0 Å². The van der Waals surface area contributed by atoms with Crippen LogP contribution in [0.3, 0.4) is 0 Å². The molecule has 2 atom stereocenters. The maximum Gasteiger partial charge on any atom is 0.106 e. The molecule has 16 heavy (non-hydrogen) atoms. The smallest absolute Gasteiger partial charge is 0.106 e. The Morgan fingerprint density at radius 2 is 2.25 bits per heavy atom. The molecular weight excluding hydrogens is 266 g/mol. The number of rotatable bonds is 3. The van der Waals surface area contributed by atoms with E-state index in [1.54, 1.807) is 0 Å². The van der Waals surface area contributed by atoms with Crippen molar-refractivity contribution in [2.45, 2.75) is 44.3 Å². The lowest BCUT2D eigenvalue weighted by Crippen LogP contribution is -2.46. The monoisotopic (exact) mass is 283 g/mol. The van der Waals surface area contributed by atoms with Crippen LogP contribution in [0.15, 0.2) is 22.9 Å². The molecule has 0 unspecified atom stereocenters. The van der Waals surface area contributed by atoms with Crippen molar-refractivity contribution in [3.63, 3.8) is 0 Å². The Balaban J connectivity index is 1.86. The van der Waals surface area contributed by atoms with Gasteiger partial charge in [-0.3, -0.25) is 0 Å². The summed E-state index contributed by atoms with van der Waals surface area (Å²) in [6, 6.07) is 4.87. The van der Waals surface area contributed by atoms with E-state index >= 15 is 0 Å². The standard InChI is InChI=1S/C12H18BrN3/c13-12-7-9(5-6-15-12)8-16-11-4-2-1-3-10(11)14/h5-7,10-11,16H,1-4,8,14H2/t10-,11+/m0/s1. The number of hydrogen-bond donors (Lipinski definition) is 2. The van der Waals surface area contributed by atoms with Crippen molar-refractivity contribution >= 4 is 15.9 Å². The second-order valence-corrected chi connectivity index (χ2v) is 5.23. The molecule has 1 aromatic rings. The lowest BCUT2D eigenvalue weighted by atomic mass is 9.91. The zero-order valence-corrected chi connectivity index (χ0v) is 10.9. The summed E-state index contributed by atoms with van der Waals surface area (Å²) in [6.07, 6.45) is 6.75. The van der Waals surface area contributed by atoms with Gasteiger partial charge in [-0.15, -0.1) is 0 Å². The Hall–Kier alpha value is -0.450. The Morgan fingerprint density at radius 3 is 3.00 bits per heavy atom. The van der Waals surface area contributed by atoms with Crippen molar-refractivity contribution < 1.29 is 0 Å². The first-order chi connectivity index (χ1) is 7.75. The minimum absolute atomic E-state index is 0.319. The molecule has 0 saturated heterocycles. The lowest BCUT2D eigenvalue weighted by Gasteiger charge is -2.29. The van der Waals surface area contributed by atoms with Gasteiger partial charge in [0.05, 0.1) is 0 Å². The summed E-state index contributed by atoms with van der Waals surface area (Å²) in [7, 11) is 0. The van der Waals surface area contributed by atoms with E-state index in [1.165, 1.54) is 24.8 Å². The summed E-state index contributed by atoms with van der Waals surface area (Å²) in [5, 5.41) is 3.54. The first kappa shape index (κ1) is 12.0. The first-order valence-corrected chi connectivity index (χ1v) is 6.64. The maximum absolute atomic E-state index is 6.09. The third kappa shape index (κ3) is 3.27. The number of nitrogens with two attached hydrogens (primary N) is 1. The fourth-order valence-corrected chi connectivity index (χ4v) is 2.63. The summed E-state index contributed by atoms with van der Waals surface area (Å²) in [4.78, 5) is 4.11. The van der Waals surface area contributed by atoms with Gasteiger partial charge in [-0.25, -0.2) is 4.98 Å². The van der Waals surface area contributed by atoms with Crippen LogP contribution >= 0.6 is 15.9 Å². The third-order valence-corrected chi connectivity index (χ3v) is 3.61. The minimum atomic E-state index is 0.319. The van der Waals surface area contributed by atoms with E-state index in [9.17, 15) is 0 Å². The molecule has 0 amide bonds. The van der Waals surface area contributed by atoms with Crippen LogP contribution in [-0.4, -0.2) is 17.1 Å². The van der Waals surface area contributed by atoms with Gasteiger partial charge in [-0.05, 0) is 46.5 Å². The molecule has 3 N–H and O–H groups in total. The number of pyridine rings is 1. The van der Waals surface area contributed by atoms with Gasteiger partial charge >= 0.3 is 0 Å². The van der Waals surface area contributed by atoms with E-state index in [4.69, 9.17) is 5.73 Å². The van der Waals surface area contributed by atoms with E-state index in [0.717, 1.165) is 17.6 Å². The highest BCUT2D eigenvalue weighted by atomic mass is 79.9. The van der Waals surface area contributed by atoms with Gasteiger partial charge in [0, 0.05) is 24.8 Å². The molecule has 0 radical (unpaired) electrons. The molecule has 1 aromatic heterocycles. The maximum atomic E-state index is 6.09. The molecule has 3 nitrogen and oxygen atoms in total. The van der Waals surface area contributed by atoms with Crippen molar-refractivity contribution in [3.8, 4) is 0 Å². The summed E-state index contributed by atoms with van der Waals surface area (Å²) >= 11 is 3.38. The van der Waals surface area contributed by atoms with E-state index in [1.807, 2.05) is 18.3 Å². The largest absolute Gasteiger partial charge is 0.326 e. The molecular formula is C12H18BrN3. The molecule has 88 valence electrons. The van der Waals surface area contributed by atoms with Crippen molar-refractivity contribution in [2.24, 2.45) is 5.73 Å². The van der Waals surface area contributed by atoms with Gasteiger partial charge in [0.25, 0.3) is 0 Å². The predicted molar refractivity (Wildman–Crippen MR) is 69.0 cm³/mol. The number of nitrogens with zero attached hydrogens (tertiary/aromatic N) is 1. The van der Waals surface area contributed by atoms with Crippen molar-refractivity contribution in [2.75, 3.05) is 0 Å². The topological polar surface area (TPSA) is 50.9 Å². The van der Waals surface area contributed by atoms with Gasteiger partial charge in [0.2, 0.25) is 0 Å². The second kappa shape index (κ2) is 5.75.